The van der Waals surface area contributed by atoms with Crippen molar-refractivity contribution in [3.63, 3.8) is 0 Å². The zero-order valence-corrected chi connectivity index (χ0v) is 36.6. The van der Waals surface area contributed by atoms with Gasteiger partial charge in [0.2, 0.25) is 17.7 Å². The first-order valence-electron chi connectivity index (χ1n) is 23.1. The number of nitrogens with one attached hydrogen (secondary N) is 2. The second-order valence-electron chi connectivity index (χ2n) is 18.6. The molecule has 5 fully saturated rings. The van der Waals surface area contributed by atoms with Crippen molar-refractivity contribution in [2.45, 2.75) is 70.1 Å². The number of anilines is 4. The van der Waals surface area contributed by atoms with Crippen molar-refractivity contribution in [2.24, 2.45) is 17.8 Å². The molecule has 65 heavy (non-hydrogen) atoms. The van der Waals surface area contributed by atoms with E-state index in [2.05, 4.69) is 46.3 Å². The summed E-state index contributed by atoms with van der Waals surface area (Å²) >= 11 is 0. The van der Waals surface area contributed by atoms with Crippen LogP contribution in [0.4, 0.5) is 36.1 Å². The number of pyridine rings is 2. The fraction of sp³-hybridized carbons (Fsp3) is 0.553. The second kappa shape index (κ2) is 19.0. The van der Waals surface area contributed by atoms with Gasteiger partial charge in [-0.3, -0.25) is 24.5 Å². The molecule has 0 spiro atoms. The van der Waals surface area contributed by atoms with Crippen LogP contribution in [-0.4, -0.2) is 133 Å². The first-order valence-corrected chi connectivity index (χ1v) is 23.1. The smallest absolute Gasteiger partial charge is 0.372 e. The molecule has 2 N–H and O–H groups in total. The number of carbonyl (C=O) groups is 4. The molecule has 0 aliphatic carbocycles. The Kier molecular flexibility index (Phi) is 13.0. The Balaban J connectivity index is 0.655. The molecular formula is C47H56F3N11O4. The third-order valence-electron chi connectivity index (χ3n) is 14.5. The van der Waals surface area contributed by atoms with Crippen LogP contribution in [0.25, 0.3) is 0 Å². The average molecular weight is 896 g/mol. The van der Waals surface area contributed by atoms with Gasteiger partial charge in [-0.15, -0.1) is 0 Å². The number of rotatable bonds is 10. The van der Waals surface area contributed by atoms with Gasteiger partial charge in [0.25, 0.3) is 5.91 Å². The summed E-state index contributed by atoms with van der Waals surface area (Å²) in [5.41, 5.74) is 2.34. The number of halogens is 3. The Morgan fingerprint density at radius 3 is 1.91 bits per heavy atom. The van der Waals surface area contributed by atoms with Crippen molar-refractivity contribution in [1.82, 2.24) is 30.0 Å². The summed E-state index contributed by atoms with van der Waals surface area (Å²) in [4.78, 5) is 72.1. The molecule has 0 radical (unpaired) electrons. The molecule has 1 aromatic carbocycles. The van der Waals surface area contributed by atoms with Crippen LogP contribution in [0.1, 0.15) is 78.5 Å². The van der Waals surface area contributed by atoms with Crippen LogP contribution >= 0.6 is 0 Å². The highest BCUT2D eigenvalue weighted by atomic mass is 19.4. The Morgan fingerprint density at radius 1 is 0.738 bits per heavy atom. The minimum absolute atomic E-state index is 0.136. The molecule has 6 aliphatic heterocycles. The van der Waals surface area contributed by atoms with Crippen LogP contribution in [0.2, 0.25) is 0 Å². The van der Waals surface area contributed by atoms with Gasteiger partial charge in [0.05, 0.1) is 29.3 Å². The van der Waals surface area contributed by atoms with E-state index >= 15 is 0 Å². The van der Waals surface area contributed by atoms with E-state index in [-0.39, 0.29) is 41.7 Å². The van der Waals surface area contributed by atoms with Gasteiger partial charge < -0.3 is 34.7 Å². The Bertz CT molecular complexity index is 2290. The van der Waals surface area contributed by atoms with E-state index in [1.807, 2.05) is 30.5 Å². The molecule has 3 aromatic rings. The minimum Gasteiger partial charge on any atom is -0.372 e. The second-order valence-corrected chi connectivity index (χ2v) is 18.6. The normalized spacial score (nSPS) is 22.2. The number of imide groups is 1. The van der Waals surface area contributed by atoms with Crippen LogP contribution in [0, 0.1) is 29.1 Å². The molecule has 1 atom stereocenters. The van der Waals surface area contributed by atoms with Crippen LogP contribution in [-0.2, 0) is 27.1 Å². The van der Waals surface area contributed by atoms with Crippen molar-refractivity contribution >= 4 is 46.5 Å². The maximum absolute atomic E-state index is 13.5. The van der Waals surface area contributed by atoms with Crippen LogP contribution < -0.4 is 25.3 Å². The van der Waals surface area contributed by atoms with Crippen LogP contribution in [0.15, 0.2) is 48.8 Å². The summed E-state index contributed by atoms with van der Waals surface area (Å²) in [5, 5.41) is 14.4. The molecular weight excluding hydrogens is 840 g/mol. The Labute approximate surface area is 376 Å². The number of alkyl halides is 3. The zero-order chi connectivity index (χ0) is 45.2. The summed E-state index contributed by atoms with van der Waals surface area (Å²) in [6.07, 6.45) is 4.47. The molecule has 6 aliphatic rings. The van der Waals surface area contributed by atoms with E-state index in [0.29, 0.717) is 62.1 Å². The molecule has 9 rings (SSSR count). The van der Waals surface area contributed by atoms with Gasteiger partial charge in [-0.05, 0) is 98.7 Å². The van der Waals surface area contributed by atoms with Gasteiger partial charge in [0.15, 0.2) is 5.69 Å². The summed E-state index contributed by atoms with van der Waals surface area (Å²) in [5.74, 6) is 0.538. The van der Waals surface area contributed by atoms with Crippen LogP contribution in [0.5, 0.6) is 0 Å². The summed E-state index contributed by atoms with van der Waals surface area (Å²) in [6, 6.07) is 11.8. The van der Waals surface area contributed by atoms with Gasteiger partial charge in [-0.1, -0.05) is 0 Å². The van der Waals surface area contributed by atoms with Crippen molar-refractivity contribution in [3.8, 4) is 6.07 Å². The number of fused-ring (bicyclic) bond motifs is 1. The summed E-state index contributed by atoms with van der Waals surface area (Å²) in [6.45, 7) is 11.7. The summed E-state index contributed by atoms with van der Waals surface area (Å²) in [7, 11) is 0. The monoisotopic (exact) mass is 895 g/mol. The molecule has 5 saturated heterocycles. The number of nitriles is 1. The fourth-order valence-electron chi connectivity index (χ4n) is 10.6. The lowest BCUT2D eigenvalue weighted by Crippen LogP contribution is -2.52. The highest BCUT2D eigenvalue weighted by molar-refractivity contribution is 6.05. The molecule has 344 valence electrons. The van der Waals surface area contributed by atoms with Crippen LogP contribution in [0.3, 0.4) is 0 Å². The molecule has 15 nitrogen and oxygen atoms in total. The molecule has 0 bridgehead atoms. The quantitative estimate of drug-likeness (QED) is 0.270. The third kappa shape index (κ3) is 10.1. The topological polar surface area (TPSA) is 161 Å². The number of piperidine rings is 4. The number of hydrogen-bond donors (Lipinski definition) is 2. The maximum atomic E-state index is 13.5. The van der Waals surface area contributed by atoms with Crippen molar-refractivity contribution in [3.05, 3.63) is 71.2 Å². The molecule has 1 unspecified atom stereocenters. The van der Waals surface area contributed by atoms with E-state index in [0.717, 1.165) is 114 Å². The molecule has 8 heterocycles. The van der Waals surface area contributed by atoms with Crippen molar-refractivity contribution in [1.29, 1.82) is 5.26 Å². The fourth-order valence-corrected chi connectivity index (χ4v) is 10.6. The number of piperazine rings is 1. The number of benzene rings is 1. The standard InChI is InChI=1S/C47H56F3N11O4/c48-47(49,50)39-24-37(27-52-40(39)25-51)60-17-11-33(12-18-60)44(63)54-42-5-2-36(26-53-42)59-15-9-32(10-16-59)29-57-21-19-56(20-22-57)28-31-7-13-58(14-8-31)35-1-3-38-34(23-35)30-61(46(38)65)41-4-6-43(62)55-45(41)64/h1-3,5,23-24,26-27,31-33,41H,4,6-22,28-30H2,(H,53,54,63)(H,55,62,64). The average Bonchev–Trinajstić information content (AvgIpc) is 3.64. The van der Waals surface area contributed by atoms with Crippen molar-refractivity contribution in [2.75, 3.05) is 98.6 Å². The van der Waals surface area contributed by atoms with E-state index in [9.17, 15) is 32.3 Å². The first-order chi connectivity index (χ1) is 31.4. The van der Waals surface area contributed by atoms with E-state index in [1.165, 1.54) is 12.3 Å². The minimum atomic E-state index is -4.68. The van der Waals surface area contributed by atoms with Gasteiger partial charge in [0, 0.05) is 109 Å². The molecule has 18 heteroatoms. The van der Waals surface area contributed by atoms with E-state index < -0.39 is 23.5 Å². The third-order valence-corrected chi connectivity index (χ3v) is 14.5. The largest absolute Gasteiger partial charge is 0.419 e. The maximum Gasteiger partial charge on any atom is 0.419 e. The van der Waals surface area contributed by atoms with E-state index in [4.69, 9.17) is 5.26 Å². The first kappa shape index (κ1) is 44.4. The highest BCUT2D eigenvalue weighted by Crippen LogP contribution is 2.36. The van der Waals surface area contributed by atoms with Gasteiger partial charge in [-0.25, -0.2) is 9.97 Å². The lowest BCUT2D eigenvalue weighted by atomic mass is 9.94. The zero-order valence-electron chi connectivity index (χ0n) is 36.6. The number of aromatic nitrogens is 2. The summed E-state index contributed by atoms with van der Waals surface area (Å²) < 4.78 is 40.4. The van der Waals surface area contributed by atoms with E-state index in [1.54, 1.807) is 9.80 Å². The number of nitrogens with zero attached hydrogens (tertiary/aromatic N) is 9. The molecule has 2 aromatic heterocycles. The lowest BCUT2D eigenvalue weighted by molar-refractivity contribution is -0.138. The molecule has 4 amide bonds. The predicted octanol–water partition coefficient (Wildman–Crippen LogP) is 4.73. The Hall–Kier alpha value is -5.80. The number of hydrogen-bond acceptors (Lipinski definition) is 12. The molecule has 0 saturated carbocycles. The number of carbonyl (C=O) groups excluding carboxylic acids is 4. The highest BCUT2D eigenvalue weighted by Gasteiger charge is 2.40. The number of amides is 4. The van der Waals surface area contributed by atoms with Gasteiger partial charge >= 0.3 is 6.18 Å². The van der Waals surface area contributed by atoms with Gasteiger partial charge in [0.1, 0.15) is 17.9 Å². The Morgan fingerprint density at radius 2 is 1.32 bits per heavy atom. The lowest BCUT2D eigenvalue weighted by Gasteiger charge is -2.41. The predicted molar refractivity (Wildman–Crippen MR) is 237 cm³/mol. The van der Waals surface area contributed by atoms with Gasteiger partial charge in [-0.2, -0.15) is 18.4 Å². The van der Waals surface area contributed by atoms with Crippen molar-refractivity contribution < 1.29 is 32.3 Å². The SMILES string of the molecule is N#Cc1ncc(N2CCC(C(=O)Nc3ccc(N4CCC(CN5CCN(CC6CCN(c7ccc8c(c7)CN(C7CCC(=O)NC7=O)C8=O)CC6)CC5)CC4)cn3)CC2)cc1C(F)(F)F.